The normalized spacial score (nSPS) is 10.3. The SMILES string of the molecule is O=C(c1cccc(F)c1)c1cc(Cl)cc(Cl)c1. The zero-order valence-corrected chi connectivity index (χ0v) is 10.1. The van der Waals surface area contributed by atoms with Gasteiger partial charge in [-0.15, -0.1) is 0 Å². The fraction of sp³-hybridized carbons (Fsp3) is 0. The minimum absolute atomic E-state index is 0.267. The second-order valence-corrected chi connectivity index (χ2v) is 4.37. The minimum Gasteiger partial charge on any atom is -0.289 e. The number of benzene rings is 2. The summed E-state index contributed by atoms with van der Waals surface area (Å²) in [5.74, 6) is -0.766. The van der Waals surface area contributed by atoms with Crippen molar-refractivity contribution in [2.75, 3.05) is 0 Å². The molecule has 0 aromatic heterocycles. The molecule has 0 N–H and O–H groups in total. The number of ketones is 1. The smallest absolute Gasteiger partial charge is 0.193 e. The van der Waals surface area contributed by atoms with Crippen molar-refractivity contribution in [3.05, 3.63) is 69.5 Å². The van der Waals surface area contributed by atoms with E-state index in [4.69, 9.17) is 23.2 Å². The lowest BCUT2D eigenvalue weighted by atomic mass is 10.0. The van der Waals surface area contributed by atoms with Crippen molar-refractivity contribution in [1.82, 2.24) is 0 Å². The Balaban J connectivity index is 2.43. The van der Waals surface area contributed by atoms with E-state index in [0.29, 0.717) is 15.6 Å². The van der Waals surface area contributed by atoms with E-state index in [9.17, 15) is 9.18 Å². The van der Waals surface area contributed by atoms with Gasteiger partial charge in [0.05, 0.1) is 0 Å². The predicted octanol–water partition coefficient (Wildman–Crippen LogP) is 4.36. The van der Waals surface area contributed by atoms with Crippen LogP contribution in [0.15, 0.2) is 42.5 Å². The van der Waals surface area contributed by atoms with Crippen LogP contribution in [0.3, 0.4) is 0 Å². The van der Waals surface area contributed by atoms with E-state index in [0.717, 1.165) is 0 Å². The molecule has 0 spiro atoms. The molecular weight excluding hydrogens is 262 g/mol. The first-order valence-electron chi connectivity index (χ1n) is 4.82. The summed E-state index contributed by atoms with van der Waals surface area (Å²) >= 11 is 11.6. The summed E-state index contributed by atoms with van der Waals surface area (Å²) in [5.41, 5.74) is 0.608. The Hall–Kier alpha value is -1.38. The van der Waals surface area contributed by atoms with Crippen LogP contribution in [0.25, 0.3) is 0 Å². The number of rotatable bonds is 2. The number of halogens is 3. The van der Waals surface area contributed by atoms with Gasteiger partial charge in [-0.25, -0.2) is 4.39 Å². The molecule has 0 aliphatic carbocycles. The summed E-state index contributed by atoms with van der Waals surface area (Å²) in [7, 11) is 0. The standard InChI is InChI=1S/C13H7Cl2FO/c14-10-4-9(5-11(15)7-10)13(17)8-2-1-3-12(16)6-8/h1-7H. The van der Waals surface area contributed by atoms with E-state index < -0.39 is 5.82 Å². The first-order chi connectivity index (χ1) is 8.06. The summed E-state index contributed by atoms with van der Waals surface area (Å²) in [6.07, 6.45) is 0. The van der Waals surface area contributed by atoms with Gasteiger partial charge < -0.3 is 0 Å². The van der Waals surface area contributed by atoms with Crippen LogP contribution >= 0.6 is 23.2 Å². The van der Waals surface area contributed by atoms with E-state index in [2.05, 4.69) is 0 Å². The Kier molecular flexibility index (Phi) is 3.46. The van der Waals surface area contributed by atoms with E-state index in [1.165, 1.54) is 36.4 Å². The number of carbonyl (C=O) groups is 1. The average molecular weight is 269 g/mol. The zero-order chi connectivity index (χ0) is 12.4. The molecule has 0 aliphatic rings. The van der Waals surface area contributed by atoms with Gasteiger partial charge >= 0.3 is 0 Å². The van der Waals surface area contributed by atoms with Gasteiger partial charge in [-0.3, -0.25) is 4.79 Å². The molecule has 4 heteroatoms. The molecule has 0 radical (unpaired) electrons. The molecule has 0 saturated heterocycles. The summed E-state index contributed by atoms with van der Waals surface area (Å²) in [6, 6.07) is 10.0. The Morgan fingerprint density at radius 1 is 0.941 bits per heavy atom. The number of carbonyl (C=O) groups excluding carboxylic acids is 1. The van der Waals surface area contributed by atoms with Crippen LogP contribution in [0, 0.1) is 5.82 Å². The molecule has 2 aromatic rings. The molecule has 0 fully saturated rings. The van der Waals surface area contributed by atoms with Crippen molar-refractivity contribution in [3.63, 3.8) is 0 Å². The van der Waals surface area contributed by atoms with Gasteiger partial charge in [0.1, 0.15) is 5.82 Å². The maximum atomic E-state index is 13.0. The summed E-state index contributed by atoms with van der Waals surface area (Å²) < 4.78 is 13.0. The molecule has 17 heavy (non-hydrogen) atoms. The van der Waals surface area contributed by atoms with E-state index >= 15 is 0 Å². The maximum absolute atomic E-state index is 13.0. The lowest BCUT2D eigenvalue weighted by molar-refractivity contribution is 0.103. The molecule has 0 aliphatic heterocycles. The third-order valence-corrected chi connectivity index (χ3v) is 2.65. The van der Waals surface area contributed by atoms with Crippen molar-refractivity contribution in [2.24, 2.45) is 0 Å². The first-order valence-corrected chi connectivity index (χ1v) is 5.58. The molecule has 1 nitrogen and oxygen atoms in total. The fourth-order valence-electron chi connectivity index (χ4n) is 1.48. The Morgan fingerprint density at radius 2 is 1.59 bits per heavy atom. The third-order valence-electron chi connectivity index (χ3n) is 2.21. The van der Waals surface area contributed by atoms with Crippen LogP contribution < -0.4 is 0 Å². The molecule has 2 aromatic carbocycles. The number of hydrogen-bond acceptors (Lipinski definition) is 1. The Bertz CT molecular complexity index is 561. The van der Waals surface area contributed by atoms with Crippen molar-refractivity contribution in [1.29, 1.82) is 0 Å². The molecule has 0 heterocycles. The van der Waals surface area contributed by atoms with Crippen LogP contribution in [0.5, 0.6) is 0 Å². The quantitative estimate of drug-likeness (QED) is 0.740. The van der Waals surface area contributed by atoms with Crippen LogP contribution in [0.1, 0.15) is 15.9 Å². The van der Waals surface area contributed by atoms with Gasteiger partial charge in [0.15, 0.2) is 5.78 Å². The van der Waals surface area contributed by atoms with Crippen molar-refractivity contribution in [2.45, 2.75) is 0 Å². The fourth-order valence-corrected chi connectivity index (χ4v) is 2.01. The number of hydrogen-bond donors (Lipinski definition) is 0. The summed E-state index contributed by atoms with van der Waals surface area (Å²) in [6.45, 7) is 0. The second kappa shape index (κ2) is 4.86. The molecule has 86 valence electrons. The monoisotopic (exact) mass is 268 g/mol. The molecule has 0 unspecified atom stereocenters. The van der Waals surface area contributed by atoms with Gasteiger partial charge in [-0.1, -0.05) is 35.3 Å². The molecule has 0 bridgehead atoms. The van der Waals surface area contributed by atoms with Crippen LogP contribution in [0.2, 0.25) is 10.0 Å². The van der Waals surface area contributed by atoms with Gasteiger partial charge in [0, 0.05) is 21.2 Å². The zero-order valence-electron chi connectivity index (χ0n) is 8.58. The topological polar surface area (TPSA) is 17.1 Å². The Labute approximate surface area is 108 Å². The molecule has 0 amide bonds. The highest BCUT2D eigenvalue weighted by Crippen LogP contribution is 2.21. The van der Waals surface area contributed by atoms with E-state index in [1.807, 2.05) is 0 Å². The van der Waals surface area contributed by atoms with Crippen LogP contribution in [0.4, 0.5) is 4.39 Å². The van der Waals surface area contributed by atoms with Crippen molar-refractivity contribution < 1.29 is 9.18 Å². The Morgan fingerprint density at radius 3 is 2.18 bits per heavy atom. The van der Waals surface area contributed by atoms with E-state index in [1.54, 1.807) is 6.07 Å². The van der Waals surface area contributed by atoms with Gasteiger partial charge in [0.25, 0.3) is 0 Å². The average Bonchev–Trinajstić information content (AvgIpc) is 2.26. The highest BCUT2D eigenvalue weighted by atomic mass is 35.5. The predicted molar refractivity (Wildman–Crippen MR) is 66.3 cm³/mol. The summed E-state index contributed by atoms with van der Waals surface area (Å²) in [5, 5.41) is 0.745. The highest BCUT2D eigenvalue weighted by Gasteiger charge is 2.11. The van der Waals surface area contributed by atoms with Gasteiger partial charge in [-0.2, -0.15) is 0 Å². The minimum atomic E-state index is -0.455. The van der Waals surface area contributed by atoms with Gasteiger partial charge in [0.2, 0.25) is 0 Å². The highest BCUT2D eigenvalue weighted by molar-refractivity contribution is 6.35. The van der Waals surface area contributed by atoms with E-state index in [-0.39, 0.29) is 11.3 Å². The van der Waals surface area contributed by atoms with Crippen molar-refractivity contribution in [3.8, 4) is 0 Å². The maximum Gasteiger partial charge on any atom is 0.193 e. The van der Waals surface area contributed by atoms with Gasteiger partial charge in [-0.05, 0) is 30.3 Å². The largest absolute Gasteiger partial charge is 0.289 e. The van der Waals surface area contributed by atoms with Crippen molar-refractivity contribution >= 4 is 29.0 Å². The van der Waals surface area contributed by atoms with Crippen LogP contribution in [-0.4, -0.2) is 5.78 Å². The summed E-state index contributed by atoms with van der Waals surface area (Å²) in [4.78, 5) is 12.0. The first kappa shape index (κ1) is 12.1. The second-order valence-electron chi connectivity index (χ2n) is 3.50. The molecular formula is C13H7Cl2FO. The lowest BCUT2D eigenvalue weighted by Crippen LogP contribution is -2.01. The molecule has 2 rings (SSSR count). The molecule has 0 atom stereocenters. The third kappa shape index (κ3) is 2.84. The molecule has 0 saturated carbocycles. The van der Waals surface area contributed by atoms with Crippen LogP contribution in [-0.2, 0) is 0 Å². The lowest BCUT2D eigenvalue weighted by Gasteiger charge is -2.03.